The van der Waals surface area contributed by atoms with Crippen molar-refractivity contribution < 1.29 is 9.63 Å². The Bertz CT molecular complexity index is 542. The van der Waals surface area contributed by atoms with Crippen LogP contribution < -0.4 is 5.32 Å². The van der Waals surface area contributed by atoms with Crippen molar-refractivity contribution >= 4 is 0 Å². The molecule has 18 heavy (non-hydrogen) atoms. The smallest absolute Gasteiger partial charge is 0.246 e. The zero-order valence-electron chi connectivity index (χ0n) is 10.2. The first-order valence-corrected chi connectivity index (χ1v) is 6.06. The molecule has 1 fully saturated rings. The van der Waals surface area contributed by atoms with E-state index in [4.69, 9.17) is 4.52 Å². The number of aromatic hydroxyl groups is 1. The number of hydrogen-bond donors (Lipinski definition) is 2. The first-order chi connectivity index (χ1) is 8.67. The number of nitrogens with zero attached hydrogens (tertiary/aromatic N) is 2. The molecule has 3 rings (SSSR count). The van der Waals surface area contributed by atoms with Gasteiger partial charge in [-0.2, -0.15) is 4.98 Å². The molecule has 2 heterocycles. The number of aromatic nitrogens is 2. The highest BCUT2D eigenvalue weighted by Crippen LogP contribution is 2.30. The quantitative estimate of drug-likeness (QED) is 0.847. The van der Waals surface area contributed by atoms with Crippen LogP contribution in [0.3, 0.4) is 0 Å². The van der Waals surface area contributed by atoms with Gasteiger partial charge in [-0.3, -0.25) is 0 Å². The Morgan fingerprint density at radius 3 is 2.78 bits per heavy atom. The number of hydrogen-bond acceptors (Lipinski definition) is 5. The van der Waals surface area contributed by atoms with Crippen molar-refractivity contribution in [2.45, 2.75) is 25.3 Å². The Morgan fingerprint density at radius 1 is 1.33 bits per heavy atom. The molecule has 1 aliphatic rings. The summed E-state index contributed by atoms with van der Waals surface area (Å²) in [7, 11) is 0. The van der Waals surface area contributed by atoms with Crippen LogP contribution >= 0.6 is 0 Å². The third-order valence-electron chi connectivity index (χ3n) is 3.39. The average Bonchev–Trinajstić information content (AvgIpc) is 2.99. The summed E-state index contributed by atoms with van der Waals surface area (Å²) in [5, 5.41) is 16.6. The van der Waals surface area contributed by atoms with Gasteiger partial charge in [0.05, 0.1) is 5.54 Å². The molecular weight excluding hydrogens is 230 g/mol. The summed E-state index contributed by atoms with van der Waals surface area (Å²) >= 11 is 0. The first-order valence-electron chi connectivity index (χ1n) is 6.06. The number of phenols is 1. The van der Waals surface area contributed by atoms with E-state index in [1.807, 2.05) is 0 Å². The van der Waals surface area contributed by atoms with Crippen LogP contribution in [0.4, 0.5) is 0 Å². The molecule has 1 aliphatic heterocycles. The third kappa shape index (κ3) is 1.86. The van der Waals surface area contributed by atoms with Crippen LogP contribution in [-0.4, -0.2) is 21.8 Å². The molecule has 1 aromatic heterocycles. The van der Waals surface area contributed by atoms with Gasteiger partial charge in [0, 0.05) is 5.56 Å². The number of nitrogens with one attached hydrogen (secondary N) is 1. The highest BCUT2D eigenvalue weighted by molar-refractivity contribution is 5.55. The molecule has 0 bridgehead atoms. The van der Waals surface area contributed by atoms with Gasteiger partial charge in [-0.15, -0.1) is 0 Å². The Labute approximate surface area is 105 Å². The summed E-state index contributed by atoms with van der Waals surface area (Å²) < 4.78 is 5.35. The highest BCUT2D eigenvalue weighted by Gasteiger charge is 2.35. The van der Waals surface area contributed by atoms with Gasteiger partial charge in [0.2, 0.25) is 11.7 Å². The summed E-state index contributed by atoms with van der Waals surface area (Å²) in [6.07, 6.45) is 2.12. The summed E-state index contributed by atoms with van der Waals surface area (Å²) in [6, 6.07) is 6.77. The van der Waals surface area contributed by atoms with Crippen LogP contribution in [0, 0.1) is 0 Å². The van der Waals surface area contributed by atoms with E-state index in [1.54, 1.807) is 24.3 Å². The topological polar surface area (TPSA) is 71.2 Å². The molecule has 0 spiro atoms. The largest absolute Gasteiger partial charge is 0.508 e. The lowest BCUT2D eigenvalue weighted by Crippen LogP contribution is -2.33. The zero-order chi connectivity index (χ0) is 12.6. The van der Waals surface area contributed by atoms with E-state index >= 15 is 0 Å². The van der Waals surface area contributed by atoms with Crippen LogP contribution in [0.15, 0.2) is 28.8 Å². The van der Waals surface area contributed by atoms with Gasteiger partial charge in [0.15, 0.2) is 0 Å². The maximum atomic E-state index is 9.25. The van der Waals surface area contributed by atoms with Gasteiger partial charge >= 0.3 is 0 Å². The predicted octanol–water partition coefficient (Wildman–Crippen LogP) is 2.04. The van der Waals surface area contributed by atoms with Crippen LogP contribution in [-0.2, 0) is 5.54 Å². The van der Waals surface area contributed by atoms with Crippen molar-refractivity contribution in [2.24, 2.45) is 0 Å². The predicted molar refractivity (Wildman–Crippen MR) is 66.0 cm³/mol. The second-order valence-electron chi connectivity index (χ2n) is 4.83. The molecule has 1 aromatic carbocycles. The monoisotopic (exact) mass is 245 g/mol. The molecule has 0 amide bonds. The van der Waals surface area contributed by atoms with Crippen LogP contribution in [0.25, 0.3) is 11.4 Å². The fourth-order valence-electron chi connectivity index (χ4n) is 2.25. The molecule has 1 unspecified atom stereocenters. The first kappa shape index (κ1) is 11.2. The van der Waals surface area contributed by atoms with Gasteiger partial charge in [-0.1, -0.05) is 5.16 Å². The molecule has 1 atom stereocenters. The average molecular weight is 245 g/mol. The van der Waals surface area contributed by atoms with Gasteiger partial charge in [-0.25, -0.2) is 0 Å². The fraction of sp³-hybridized carbons (Fsp3) is 0.385. The van der Waals surface area contributed by atoms with E-state index in [2.05, 4.69) is 22.4 Å². The minimum atomic E-state index is -0.206. The Morgan fingerprint density at radius 2 is 2.11 bits per heavy atom. The van der Waals surface area contributed by atoms with Crippen LogP contribution in [0.5, 0.6) is 5.75 Å². The molecule has 0 saturated carbocycles. The zero-order valence-corrected chi connectivity index (χ0v) is 10.2. The van der Waals surface area contributed by atoms with Crippen molar-refractivity contribution in [3.8, 4) is 17.1 Å². The van der Waals surface area contributed by atoms with E-state index in [0.29, 0.717) is 11.7 Å². The Hall–Kier alpha value is -1.88. The van der Waals surface area contributed by atoms with E-state index in [9.17, 15) is 5.11 Å². The molecule has 94 valence electrons. The molecule has 2 N–H and O–H groups in total. The van der Waals surface area contributed by atoms with Crippen molar-refractivity contribution in [3.63, 3.8) is 0 Å². The Kier molecular flexibility index (Phi) is 2.56. The molecule has 5 nitrogen and oxygen atoms in total. The lowest BCUT2D eigenvalue weighted by atomic mass is 10.0. The second kappa shape index (κ2) is 4.10. The summed E-state index contributed by atoms with van der Waals surface area (Å²) in [4.78, 5) is 4.44. The molecule has 2 aromatic rings. The minimum absolute atomic E-state index is 0.206. The van der Waals surface area contributed by atoms with E-state index in [-0.39, 0.29) is 11.3 Å². The van der Waals surface area contributed by atoms with Crippen molar-refractivity contribution in [1.82, 2.24) is 15.5 Å². The lowest BCUT2D eigenvalue weighted by Gasteiger charge is -2.18. The van der Waals surface area contributed by atoms with Crippen molar-refractivity contribution in [1.29, 1.82) is 0 Å². The minimum Gasteiger partial charge on any atom is -0.508 e. The number of rotatable bonds is 2. The maximum absolute atomic E-state index is 9.25. The van der Waals surface area contributed by atoms with Crippen LogP contribution in [0.1, 0.15) is 25.7 Å². The summed E-state index contributed by atoms with van der Waals surface area (Å²) in [5.74, 6) is 1.41. The second-order valence-corrected chi connectivity index (χ2v) is 4.83. The SMILES string of the molecule is CC1(c2nc(-c3ccc(O)cc3)no2)CCCN1. The van der Waals surface area contributed by atoms with Gasteiger partial charge in [-0.05, 0) is 50.6 Å². The highest BCUT2D eigenvalue weighted by atomic mass is 16.5. The van der Waals surface area contributed by atoms with Gasteiger partial charge < -0.3 is 14.9 Å². The van der Waals surface area contributed by atoms with E-state index < -0.39 is 0 Å². The number of phenolic OH excluding ortho intramolecular Hbond substituents is 1. The van der Waals surface area contributed by atoms with Gasteiger partial charge in [0.25, 0.3) is 0 Å². The van der Waals surface area contributed by atoms with E-state index in [0.717, 1.165) is 24.9 Å². The van der Waals surface area contributed by atoms with E-state index in [1.165, 1.54) is 0 Å². The normalized spacial score (nSPS) is 23.4. The van der Waals surface area contributed by atoms with Crippen molar-refractivity contribution in [3.05, 3.63) is 30.2 Å². The van der Waals surface area contributed by atoms with Crippen LogP contribution in [0.2, 0.25) is 0 Å². The molecular formula is C13H15N3O2. The maximum Gasteiger partial charge on any atom is 0.246 e. The summed E-state index contributed by atoms with van der Waals surface area (Å²) in [6.45, 7) is 3.06. The molecule has 0 aliphatic carbocycles. The number of benzene rings is 1. The molecule has 1 saturated heterocycles. The van der Waals surface area contributed by atoms with Crippen molar-refractivity contribution in [2.75, 3.05) is 6.54 Å². The van der Waals surface area contributed by atoms with Gasteiger partial charge in [0.1, 0.15) is 5.75 Å². The summed E-state index contributed by atoms with van der Waals surface area (Å²) in [5.41, 5.74) is 0.631. The molecule has 0 radical (unpaired) electrons. The third-order valence-corrected chi connectivity index (χ3v) is 3.39. The lowest BCUT2D eigenvalue weighted by molar-refractivity contribution is 0.275. The fourth-order valence-corrected chi connectivity index (χ4v) is 2.25. The Balaban J connectivity index is 1.91. The molecule has 5 heteroatoms. The standard InChI is InChI=1S/C13H15N3O2/c1-13(7-2-8-14-13)12-15-11(16-18-12)9-3-5-10(17)6-4-9/h3-6,14,17H,2,7-8H2,1H3.